The van der Waals surface area contributed by atoms with Crippen LogP contribution >= 0.6 is 11.3 Å². The Balaban J connectivity index is 1.40. The highest BCUT2D eigenvalue weighted by Crippen LogP contribution is 2.47. The van der Waals surface area contributed by atoms with Gasteiger partial charge in [-0.1, -0.05) is 37.8 Å². The molecule has 0 N–H and O–H groups in total. The molecule has 34 heavy (non-hydrogen) atoms. The second kappa shape index (κ2) is 9.89. The molecule has 2 aromatic carbocycles. The van der Waals surface area contributed by atoms with Gasteiger partial charge < -0.3 is 9.64 Å². The van der Waals surface area contributed by atoms with Crippen molar-refractivity contribution in [3.8, 4) is 11.5 Å². The van der Waals surface area contributed by atoms with E-state index in [1.807, 2.05) is 6.08 Å². The highest BCUT2D eigenvalue weighted by Gasteiger charge is 2.22. The van der Waals surface area contributed by atoms with Crippen LogP contribution in [0, 0.1) is 12.8 Å². The third-order valence-electron chi connectivity index (χ3n) is 6.92. The second-order valence-corrected chi connectivity index (χ2v) is 10.7. The van der Waals surface area contributed by atoms with Gasteiger partial charge in [0.25, 0.3) is 0 Å². The van der Waals surface area contributed by atoms with Gasteiger partial charge in [-0.05, 0) is 97.7 Å². The van der Waals surface area contributed by atoms with Crippen LogP contribution in [-0.4, -0.2) is 24.5 Å². The molecular formula is C30H32FNOS. The Morgan fingerprint density at radius 3 is 2.76 bits per heavy atom. The number of likely N-dealkylation sites (tertiary alicyclic amines) is 1. The Hall–Kier alpha value is -2.69. The fourth-order valence-corrected chi connectivity index (χ4v) is 6.13. The van der Waals surface area contributed by atoms with Gasteiger partial charge in [-0.2, -0.15) is 0 Å². The van der Waals surface area contributed by atoms with E-state index in [0.29, 0.717) is 12.0 Å². The number of halogens is 1. The van der Waals surface area contributed by atoms with E-state index in [4.69, 9.17) is 4.74 Å². The molecule has 2 nitrogen and oxygen atoms in total. The van der Waals surface area contributed by atoms with Crippen molar-refractivity contribution in [2.24, 2.45) is 5.92 Å². The van der Waals surface area contributed by atoms with Crippen LogP contribution in [0.1, 0.15) is 42.2 Å². The predicted octanol–water partition coefficient (Wildman–Crippen LogP) is 8.47. The van der Waals surface area contributed by atoms with Gasteiger partial charge in [0.05, 0.1) is 4.88 Å². The van der Waals surface area contributed by atoms with E-state index < -0.39 is 0 Å². The molecule has 1 aromatic heterocycles. The van der Waals surface area contributed by atoms with Crippen LogP contribution in [0.25, 0.3) is 15.7 Å². The zero-order chi connectivity index (χ0) is 23.7. The molecular weight excluding hydrogens is 441 g/mol. The average Bonchev–Trinajstić information content (AvgIpc) is 3.41. The summed E-state index contributed by atoms with van der Waals surface area (Å²) in [6, 6.07) is 14.8. The first-order valence-corrected chi connectivity index (χ1v) is 13.1. The van der Waals surface area contributed by atoms with E-state index in [1.54, 1.807) is 17.4 Å². The molecule has 2 aliphatic rings. The van der Waals surface area contributed by atoms with Gasteiger partial charge in [-0.3, -0.25) is 0 Å². The van der Waals surface area contributed by atoms with E-state index in [-0.39, 0.29) is 5.83 Å². The Bertz CT molecular complexity index is 1270. The SMILES string of the molecule is C=C(C1=C(F)C=CCC1)c1sc2cc(C)ccc2c1Oc1ccc(CCN2CCC(C)C2)cc1. The molecule has 0 bridgehead atoms. The molecule has 176 valence electrons. The Morgan fingerprint density at radius 2 is 2.03 bits per heavy atom. The lowest BCUT2D eigenvalue weighted by molar-refractivity contribution is 0.332. The van der Waals surface area contributed by atoms with Crippen molar-refractivity contribution in [2.45, 2.75) is 39.5 Å². The van der Waals surface area contributed by atoms with Gasteiger partial charge in [0.2, 0.25) is 0 Å². The molecule has 0 radical (unpaired) electrons. The van der Waals surface area contributed by atoms with Crippen LogP contribution in [0.3, 0.4) is 0 Å². The molecule has 0 spiro atoms. The van der Waals surface area contributed by atoms with Crippen molar-refractivity contribution in [1.82, 2.24) is 4.90 Å². The molecule has 1 fully saturated rings. The summed E-state index contributed by atoms with van der Waals surface area (Å²) in [5.74, 6) is 2.20. The van der Waals surface area contributed by atoms with E-state index in [0.717, 1.165) is 57.3 Å². The number of ether oxygens (including phenoxy) is 1. The van der Waals surface area contributed by atoms with Gasteiger partial charge >= 0.3 is 0 Å². The van der Waals surface area contributed by atoms with Crippen LogP contribution in [0.2, 0.25) is 0 Å². The molecule has 0 saturated carbocycles. The van der Waals surface area contributed by atoms with Gasteiger partial charge in [0.1, 0.15) is 11.6 Å². The third-order valence-corrected chi connectivity index (χ3v) is 8.11. The lowest BCUT2D eigenvalue weighted by Crippen LogP contribution is -2.22. The van der Waals surface area contributed by atoms with Crippen LogP contribution < -0.4 is 4.74 Å². The summed E-state index contributed by atoms with van der Waals surface area (Å²) in [6.07, 6.45) is 7.30. The third kappa shape index (κ3) is 4.89. The molecule has 1 saturated heterocycles. The molecule has 5 rings (SSSR count). The van der Waals surface area contributed by atoms with E-state index in [2.05, 4.69) is 67.8 Å². The number of hydrogen-bond acceptors (Lipinski definition) is 3. The van der Waals surface area contributed by atoms with Gasteiger partial charge in [0.15, 0.2) is 5.75 Å². The van der Waals surface area contributed by atoms with Crippen molar-refractivity contribution in [1.29, 1.82) is 0 Å². The summed E-state index contributed by atoms with van der Waals surface area (Å²) in [6.45, 7) is 12.3. The minimum absolute atomic E-state index is 0.187. The zero-order valence-electron chi connectivity index (χ0n) is 20.1. The number of benzene rings is 2. The fraction of sp³-hybridized carbons (Fsp3) is 0.333. The molecule has 1 atom stereocenters. The summed E-state index contributed by atoms with van der Waals surface area (Å²) in [5, 5.41) is 1.05. The number of thiophene rings is 1. The normalized spacial score (nSPS) is 18.7. The predicted molar refractivity (Wildman–Crippen MR) is 143 cm³/mol. The Morgan fingerprint density at radius 1 is 1.21 bits per heavy atom. The lowest BCUT2D eigenvalue weighted by atomic mass is 9.96. The van der Waals surface area contributed by atoms with Gasteiger partial charge in [-0.25, -0.2) is 4.39 Å². The van der Waals surface area contributed by atoms with Crippen LogP contribution in [-0.2, 0) is 6.42 Å². The molecule has 0 amide bonds. The quantitative estimate of drug-likeness (QED) is 0.341. The first-order chi connectivity index (χ1) is 16.5. The number of fused-ring (bicyclic) bond motifs is 1. The maximum atomic E-state index is 14.6. The number of allylic oxidation sites excluding steroid dienone is 5. The number of nitrogens with zero attached hydrogens (tertiary/aromatic N) is 1. The average molecular weight is 474 g/mol. The lowest BCUT2D eigenvalue weighted by Gasteiger charge is -2.16. The molecule has 1 unspecified atom stereocenters. The molecule has 1 aliphatic heterocycles. The maximum Gasteiger partial charge on any atom is 0.153 e. The van der Waals surface area contributed by atoms with E-state index in [1.165, 1.54) is 30.6 Å². The highest BCUT2D eigenvalue weighted by atomic mass is 32.1. The molecule has 3 aromatic rings. The second-order valence-electron chi connectivity index (χ2n) is 9.70. The number of rotatable bonds is 7. The largest absolute Gasteiger partial charge is 0.455 e. The molecule has 2 heterocycles. The van der Waals surface area contributed by atoms with Crippen molar-refractivity contribution in [3.63, 3.8) is 0 Å². The summed E-state index contributed by atoms with van der Waals surface area (Å²) < 4.78 is 22.2. The van der Waals surface area contributed by atoms with Crippen LogP contribution in [0.4, 0.5) is 4.39 Å². The van der Waals surface area contributed by atoms with Gasteiger partial charge in [-0.15, -0.1) is 11.3 Å². The van der Waals surface area contributed by atoms with Crippen molar-refractivity contribution in [3.05, 3.63) is 88.6 Å². The van der Waals surface area contributed by atoms with Crippen LogP contribution in [0.5, 0.6) is 11.5 Å². The van der Waals surface area contributed by atoms with E-state index >= 15 is 0 Å². The maximum absolute atomic E-state index is 14.6. The first-order valence-electron chi connectivity index (χ1n) is 12.2. The van der Waals surface area contributed by atoms with Crippen molar-refractivity contribution < 1.29 is 9.13 Å². The molecule has 1 aliphatic carbocycles. The summed E-state index contributed by atoms with van der Waals surface area (Å²) in [5.41, 5.74) is 3.93. The standard InChI is InChI=1S/C30H32FNOS/c1-20-8-13-26-28(18-20)34-30(22(3)25-6-4-5-7-27(25)31)29(26)33-24-11-9-23(10-12-24)15-17-32-16-14-21(2)19-32/h5,7-13,18,21H,3-4,6,14-17,19H2,1-2H3. The zero-order valence-corrected chi connectivity index (χ0v) is 20.9. The van der Waals surface area contributed by atoms with Crippen LogP contribution in [0.15, 0.2) is 72.6 Å². The molecule has 4 heteroatoms. The number of hydrogen-bond donors (Lipinski definition) is 0. The highest BCUT2D eigenvalue weighted by molar-refractivity contribution is 7.20. The monoisotopic (exact) mass is 473 g/mol. The smallest absolute Gasteiger partial charge is 0.153 e. The minimum atomic E-state index is -0.187. The Labute approximate surface area is 206 Å². The minimum Gasteiger partial charge on any atom is -0.455 e. The summed E-state index contributed by atoms with van der Waals surface area (Å²) >= 11 is 1.63. The van der Waals surface area contributed by atoms with Crippen molar-refractivity contribution in [2.75, 3.05) is 19.6 Å². The first kappa shape index (κ1) is 23.1. The topological polar surface area (TPSA) is 12.5 Å². The van der Waals surface area contributed by atoms with E-state index in [9.17, 15) is 4.39 Å². The van der Waals surface area contributed by atoms with Crippen molar-refractivity contribution >= 4 is 27.0 Å². The fourth-order valence-electron chi connectivity index (χ4n) is 4.91. The summed E-state index contributed by atoms with van der Waals surface area (Å²) in [7, 11) is 0. The van der Waals surface area contributed by atoms with Gasteiger partial charge in [0, 0.05) is 23.2 Å². The summed E-state index contributed by atoms with van der Waals surface area (Å²) in [4.78, 5) is 3.47. The number of aryl methyl sites for hydroxylation is 1. The Kier molecular flexibility index (Phi) is 6.71.